The van der Waals surface area contributed by atoms with Gasteiger partial charge in [-0.15, -0.1) is 0 Å². The number of rotatable bonds is 17. The highest BCUT2D eigenvalue weighted by Crippen LogP contribution is 2.45. The van der Waals surface area contributed by atoms with Crippen LogP contribution in [0.4, 0.5) is 0 Å². The van der Waals surface area contributed by atoms with Crippen LogP contribution in [0, 0.1) is 0 Å². The fourth-order valence-corrected chi connectivity index (χ4v) is 11.3. The van der Waals surface area contributed by atoms with E-state index in [2.05, 4.69) is 36.4 Å². The largest absolute Gasteiger partial charge is 0.541 e. The zero-order valence-electron chi connectivity index (χ0n) is 27.3. The second kappa shape index (κ2) is 15.5. The van der Waals surface area contributed by atoms with Crippen LogP contribution in [-0.2, 0) is 26.6 Å². The van der Waals surface area contributed by atoms with Crippen molar-refractivity contribution in [1.82, 2.24) is 0 Å². The molecule has 0 aliphatic carbocycles. The molecule has 10 heteroatoms. The first-order valence-electron chi connectivity index (χ1n) is 15.5. The summed E-state index contributed by atoms with van der Waals surface area (Å²) < 4.78 is 51.3. The molecule has 0 saturated carbocycles. The summed E-state index contributed by atoms with van der Waals surface area (Å²) in [5, 5.41) is 5.48. The zero-order valence-corrected chi connectivity index (χ0v) is 29.3. The lowest BCUT2D eigenvalue weighted by Gasteiger charge is -2.33. The van der Waals surface area contributed by atoms with Crippen molar-refractivity contribution in [2.24, 2.45) is 0 Å². The molecule has 0 saturated heterocycles. The molecule has 4 aromatic rings. The van der Waals surface area contributed by atoms with Gasteiger partial charge in [-0.2, -0.15) is 0 Å². The molecule has 44 heavy (non-hydrogen) atoms. The van der Waals surface area contributed by atoms with E-state index in [9.17, 15) is 0 Å². The maximum absolute atomic E-state index is 6.43. The second-order valence-electron chi connectivity index (χ2n) is 9.82. The predicted octanol–water partition coefficient (Wildman–Crippen LogP) is 6.19. The highest BCUT2D eigenvalue weighted by Gasteiger charge is 2.49. The molecule has 0 aromatic heterocycles. The summed E-state index contributed by atoms with van der Waals surface area (Å²) in [5.41, 5.74) is 1.69. The molecule has 238 valence electrons. The van der Waals surface area contributed by atoms with E-state index in [1.165, 1.54) is 0 Å². The summed E-state index contributed by atoms with van der Waals surface area (Å²) in [6.07, 6.45) is 0. The van der Waals surface area contributed by atoms with Crippen molar-refractivity contribution in [1.29, 1.82) is 0 Å². The van der Waals surface area contributed by atoms with Gasteiger partial charge >= 0.3 is 17.6 Å². The summed E-state index contributed by atoms with van der Waals surface area (Å²) >= 11 is 0. The Labute approximate surface area is 263 Å². The normalized spacial score (nSPS) is 12.3. The van der Waals surface area contributed by atoms with Crippen LogP contribution in [0.25, 0.3) is 32.7 Å². The molecule has 4 rings (SSSR count). The van der Waals surface area contributed by atoms with Crippen molar-refractivity contribution in [2.75, 3.05) is 53.9 Å². The first-order valence-corrected chi connectivity index (χ1v) is 18.9. The van der Waals surface area contributed by atoms with Crippen molar-refractivity contribution >= 4 is 49.5 Å². The Hall–Kier alpha value is -2.81. The van der Waals surface area contributed by atoms with E-state index in [1.807, 2.05) is 65.8 Å². The highest BCUT2D eigenvalue weighted by molar-refractivity contribution is 6.77. The van der Waals surface area contributed by atoms with Gasteiger partial charge < -0.3 is 36.0 Å². The number of benzene rings is 4. The minimum Gasteiger partial charge on any atom is -0.496 e. The van der Waals surface area contributed by atoms with Crippen molar-refractivity contribution < 1.29 is 36.0 Å². The lowest BCUT2D eigenvalue weighted by Crippen LogP contribution is -2.57. The standard InChI is InChI=1S/C34H46O8Si2/c1-9-37-43(38-10-2,39-11-3)29-23-25-19-15-17-21-27(25)31(33(29)35-7)32-28-22-18-16-20-26(28)24-30(34(32)36-8)44(40-12-4,41-13-5)42-14-6/h15-24H,9-14H2,1-8H3. The van der Waals surface area contributed by atoms with Gasteiger partial charge in [0.25, 0.3) is 0 Å². The van der Waals surface area contributed by atoms with Crippen LogP contribution in [-0.4, -0.2) is 71.5 Å². The summed E-state index contributed by atoms with van der Waals surface area (Å²) in [7, 11) is -3.51. The third-order valence-corrected chi connectivity index (χ3v) is 13.4. The molecular formula is C34H46O8Si2. The number of hydrogen-bond acceptors (Lipinski definition) is 8. The molecule has 0 heterocycles. The van der Waals surface area contributed by atoms with E-state index in [4.69, 9.17) is 36.0 Å². The van der Waals surface area contributed by atoms with Crippen molar-refractivity contribution in [2.45, 2.75) is 41.5 Å². The van der Waals surface area contributed by atoms with Gasteiger partial charge in [-0.25, -0.2) is 0 Å². The van der Waals surface area contributed by atoms with Crippen LogP contribution in [0.2, 0.25) is 0 Å². The first kappa shape index (κ1) is 34.1. The number of hydrogen-bond donors (Lipinski definition) is 0. The number of fused-ring (bicyclic) bond motifs is 2. The van der Waals surface area contributed by atoms with Gasteiger partial charge in [0.15, 0.2) is 0 Å². The maximum Gasteiger partial charge on any atom is 0.541 e. The lowest BCUT2D eigenvalue weighted by molar-refractivity contribution is 0.0846. The van der Waals surface area contributed by atoms with Crippen LogP contribution in [0.5, 0.6) is 11.5 Å². The SMILES string of the molecule is CCO[Si](OCC)(OCC)c1cc2ccccc2c(-c2c(OC)c([Si](OCC)(OCC)OCC)cc3ccccc23)c1OC. The van der Waals surface area contributed by atoms with Gasteiger partial charge in [0, 0.05) is 50.8 Å². The van der Waals surface area contributed by atoms with Gasteiger partial charge in [-0.05, 0) is 75.2 Å². The van der Waals surface area contributed by atoms with E-state index < -0.39 is 17.6 Å². The van der Waals surface area contributed by atoms with Crippen molar-refractivity contribution in [3.8, 4) is 22.6 Å². The third kappa shape index (κ3) is 6.31. The fraction of sp³-hybridized carbons (Fsp3) is 0.412. The average molecular weight is 639 g/mol. The Morgan fingerprint density at radius 2 is 0.750 bits per heavy atom. The smallest absolute Gasteiger partial charge is 0.496 e. The summed E-state index contributed by atoms with van der Waals surface area (Å²) in [6, 6.07) is 20.6. The lowest BCUT2D eigenvalue weighted by atomic mass is 9.92. The second-order valence-corrected chi connectivity index (χ2v) is 14.9. The topological polar surface area (TPSA) is 73.8 Å². The molecule has 0 aliphatic heterocycles. The van der Waals surface area contributed by atoms with E-state index >= 15 is 0 Å². The Morgan fingerprint density at radius 1 is 0.455 bits per heavy atom. The van der Waals surface area contributed by atoms with Crippen LogP contribution < -0.4 is 19.8 Å². The molecule has 0 fully saturated rings. The number of methoxy groups -OCH3 is 2. The Morgan fingerprint density at radius 3 is 1.02 bits per heavy atom. The van der Waals surface area contributed by atoms with Gasteiger partial charge in [0.1, 0.15) is 11.5 Å². The molecule has 0 aliphatic rings. The highest BCUT2D eigenvalue weighted by atomic mass is 28.4. The molecular weight excluding hydrogens is 593 g/mol. The Bertz CT molecular complexity index is 1390. The maximum atomic E-state index is 6.43. The average Bonchev–Trinajstić information content (AvgIpc) is 3.03. The molecule has 0 N–H and O–H groups in total. The molecule has 0 spiro atoms. The molecule has 0 atom stereocenters. The molecule has 0 unspecified atom stereocenters. The molecule has 0 radical (unpaired) electrons. The quantitative estimate of drug-likeness (QED) is 0.127. The van der Waals surface area contributed by atoms with Gasteiger partial charge in [-0.3, -0.25) is 0 Å². The summed E-state index contributed by atoms with van der Waals surface area (Å²) in [6.45, 7) is 14.2. The monoisotopic (exact) mass is 638 g/mol. The van der Waals surface area contributed by atoms with Gasteiger partial charge in [0.05, 0.1) is 24.6 Å². The molecule has 8 nitrogen and oxygen atoms in total. The molecule has 0 amide bonds. The van der Waals surface area contributed by atoms with Crippen LogP contribution >= 0.6 is 0 Å². The van der Waals surface area contributed by atoms with Crippen molar-refractivity contribution in [3.05, 3.63) is 60.7 Å². The molecule has 0 bridgehead atoms. The van der Waals surface area contributed by atoms with Gasteiger partial charge in [-0.1, -0.05) is 48.5 Å². The minimum atomic E-state index is -3.43. The van der Waals surface area contributed by atoms with Crippen molar-refractivity contribution in [3.63, 3.8) is 0 Å². The summed E-state index contributed by atoms with van der Waals surface area (Å²) in [4.78, 5) is 0. The fourth-order valence-electron chi connectivity index (χ4n) is 5.89. The Kier molecular flexibility index (Phi) is 12.0. The Balaban J connectivity index is 2.28. The predicted molar refractivity (Wildman–Crippen MR) is 181 cm³/mol. The third-order valence-electron chi connectivity index (χ3n) is 7.33. The van der Waals surface area contributed by atoms with E-state index in [1.54, 1.807) is 14.2 Å². The first-order chi connectivity index (χ1) is 21.4. The number of ether oxygens (including phenoxy) is 2. The van der Waals surface area contributed by atoms with E-state index in [0.29, 0.717) is 51.1 Å². The van der Waals surface area contributed by atoms with Crippen LogP contribution in [0.3, 0.4) is 0 Å². The van der Waals surface area contributed by atoms with Crippen LogP contribution in [0.15, 0.2) is 60.7 Å². The minimum absolute atomic E-state index is 0.421. The molecule has 4 aromatic carbocycles. The van der Waals surface area contributed by atoms with E-state index in [0.717, 1.165) is 43.0 Å². The zero-order chi connectivity index (χ0) is 31.7. The van der Waals surface area contributed by atoms with E-state index in [-0.39, 0.29) is 0 Å². The summed E-state index contributed by atoms with van der Waals surface area (Å²) in [5.74, 6) is 1.23. The van der Waals surface area contributed by atoms with Crippen LogP contribution in [0.1, 0.15) is 41.5 Å². The van der Waals surface area contributed by atoms with Gasteiger partial charge in [0.2, 0.25) is 0 Å².